The molecule has 2 aliphatic heterocycles. The summed E-state index contributed by atoms with van der Waals surface area (Å²) in [7, 11) is 0. The van der Waals surface area contributed by atoms with Crippen LogP contribution in [0.15, 0.2) is 48.8 Å². The molecule has 10 nitrogen and oxygen atoms in total. The van der Waals surface area contributed by atoms with Crippen LogP contribution in [-0.4, -0.2) is 49.8 Å². The number of carbonyl (C=O) groups is 2. The van der Waals surface area contributed by atoms with Crippen LogP contribution >= 0.6 is 0 Å². The van der Waals surface area contributed by atoms with E-state index >= 15 is 0 Å². The van der Waals surface area contributed by atoms with Crippen molar-refractivity contribution in [3.05, 3.63) is 66.0 Å². The molecular formula is C24H21FN6O4. The second-order valence-corrected chi connectivity index (χ2v) is 8.48. The number of halogens is 1. The molecule has 0 aliphatic carbocycles. The number of nitrogens with one attached hydrogen (secondary N) is 2. The number of aromatic nitrogens is 4. The first-order valence-electron chi connectivity index (χ1n) is 11.2. The van der Waals surface area contributed by atoms with E-state index in [4.69, 9.17) is 9.47 Å². The molecule has 1 saturated heterocycles. The Balaban J connectivity index is 1.12. The zero-order valence-corrected chi connectivity index (χ0v) is 18.5. The Labute approximate surface area is 198 Å². The van der Waals surface area contributed by atoms with Crippen molar-refractivity contribution >= 4 is 28.5 Å². The molecule has 4 aromatic rings. The van der Waals surface area contributed by atoms with E-state index in [0.29, 0.717) is 46.2 Å². The minimum Gasteiger partial charge on any atom is -0.454 e. The maximum atomic E-state index is 13.5. The van der Waals surface area contributed by atoms with Crippen LogP contribution in [0.2, 0.25) is 0 Å². The van der Waals surface area contributed by atoms with E-state index in [1.165, 1.54) is 23.0 Å². The van der Waals surface area contributed by atoms with E-state index in [1.54, 1.807) is 35.4 Å². The Bertz CT molecular complexity index is 1450. The molecule has 2 amide bonds. The fourth-order valence-electron chi connectivity index (χ4n) is 4.49. The third kappa shape index (κ3) is 4.05. The molecule has 0 saturated carbocycles. The lowest BCUT2D eigenvalue weighted by Crippen LogP contribution is -2.34. The Kier molecular flexibility index (Phi) is 5.09. The first kappa shape index (κ1) is 21.1. The summed E-state index contributed by atoms with van der Waals surface area (Å²) in [4.78, 5) is 35.2. The summed E-state index contributed by atoms with van der Waals surface area (Å²) in [6.07, 6.45) is 4.72. The van der Waals surface area contributed by atoms with Gasteiger partial charge < -0.3 is 24.7 Å². The molecule has 0 radical (unpaired) electrons. The molecule has 178 valence electrons. The summed E-state index contributed by atoms with van der Waals surface area (Å²) in [6.45, 7) is 0.753. The third-order valence-corrected chi connectivity index (χ3v) is 6.17. The zero-order valence-electron chi connectivity index (χ0n) is 18.5. The number of anilines is 1. The number of amides is 2. The molecule has 0 spiro atoms. The van der Waals surface area contributed by atoms with Crippen molar-refractivity contribution in [2.75, 3.05) is 18.7 Å². The van der Waals surface area contributed by atoms with Crippen molar-refractivity contribution < 1.29 is 23.5 Å². The highest BCUT2D eigenvalue weighted by Gasteiger charge is 2.32. The quantitative estimate of drug-likeness (QED) is 0.457. The lowest BCUT2D eigenvalue weighted by molar-refractivity contribution is -0.133. The average Bonchev–Trinajstić information content (AvgIpc) is 3.63. The normalized spacial score (nSPS) is 16.7. The van der Waals surface area contributed by atoms with Crippen LogP contribution < -0.4 is 14.8 Å². The molecule has 35 heavy (non-hydrogen) atoms. The number of hydrogen-bond acceptors (Lipinski definition) is 6. The van der Waals surface area contributed by atoms with E-state index in [-0.39, 0.29) is 37.0 Å². The predicted octanol–water partition coefficient (Wildman–Crippen LogP) is 3.24. The van der Waals surface area contributed by atoms with Crippen molar-refractivity contribution in [1.29, 1.82) is 0 Å². The number of aromatic amines is 1. The number of fused-ring (bicyclic) bond motifs is 2. The molecule has 6 rings (SSSR count). The molecule has 1 atom stereocenters. The van der Waals surface area contributed by atoms with Gasteiger partial charge in [-0.05, 0) is 49.2 Å². The predicted molar refractivity (Wildman–Crippen MR) is 122 cm³/mol. The van der Waals surface area contributed by atoms with E-state index < -0.39 is 0 Å². The van der Waals surface area contributed by atoms with E-state index in [2.05, 4.69) is 20.4 Å². The molecular weight excluding hydrogens is 455 g/mol. The van der Waals surface area contributed by atoms with Crippen molar-refractivity contribution in [3.8, 4) is 11.5 Å². The number of ether oxygens (including phenoxy) is 2. The zero-order chi connectivity index (χ0) is 23.9. The third-order valence-electron chi connectivity index (χ3n) is 6.17. The highest BCUT2D eigenvalue weighted by atomic mass is 19.1. The molecule has 2 aliphatic rings. The van der Waals surface area contributed by atoms with E-state index in [9.17, 15) is 14.0 Å². The van der Waals surface area contributed by atoms with Gasteiger partial charge in [0, 0.05) is 18.3 Å². The van der Waals surface area contributed by atoms with Crippen molar-refractivity contribution in [1.82, 2.24) is 24.6 Å². The highest BCUT2D eigenvalue weighted by Crippen LogP contribution is 2.33. The van der Waals surface area contributed by atoms with Crippen LogP contribution in [0.25, 0.3) is 11.0 Å². The highest BCUT2D eigenvalue weighted by molar-refractivity contribution is 6.04. The smallest absolute Gasteiger partial charge is 0.255 e. The van der Waals surface area contributed by atoms with Crippen molar-refractivity contribution in [2.45, 2.75) is 25.4 Å². The van der Waals surface area contributed by atoms with Gasteiger partial charge in [-0.15, -0.1) is 0 Å². The standard InChI is InChI=1S/C24H21FN6O4/c25-15-4-5-17-18(9-15)29-23(28-17)19-2-1-7-31(19)22(32)12-30-11-16(10-26-30)27-24(33)14-3-6-20-21(8-14)35-13-34-20/h3-6,8-11,19H,1-2,7,12-13H2,(H,27,33)(H,28,29)/t19-/m1/s1. The van der Waals surface area contributed by atoms with Crippen LogP contribution in [0.3, 0.4) is 0 Å². The fourth-order valence-corrected chi connectivity index (χ4v) is 4.49. The van der Waals surface area contributed by atoms with Gasteiger partial charge in [0.15, 0.2) is 11.5 Å². The first-order chi connectivity index (χ1) is 17.0. The van der Waals surface area contributed by atoms with Crippen LogP contribution in [0.5, 0.6) is 11.5 Å². The van der Waals surface area contributed by atoms with Crippen LogP contribution in [0.4, 0.5) is 10.1 Å². The van der Waals surface area contributed by atoms with Gasteiger partial charge in [-0.2, -0.15) is 5.10 Å². The largest absolute Gasteiger partial charge is 0.454 e. The van der Waals surface area contributed by atoms with Crippen LogP contribution in [-0.2, 0) is 11.3 Å². The second kappa shape index (κ2) is 8.42. The number of likely N-dealkylation sites (tertiary alicyclic amines) is 1. The molecule has 0 bridgehead atoms. The molecule has 2 aromatic heterocycles. The van der Waals surface area contributed by atoms with Gasteiger partial charge >= 0.3 is 0 Å². The van der Waals surface area contributed by atoms with Gasteiger partial charge in [-0.3, -0.25) is 14.3 Å². The molecule has 0 unspecified atom stereocenters. The summed E-state index contributed by atoms with van der Waals surface area (Å²) in [5.74, 6) is 0.989. The molecule has 1 fully saturated rings. The van der Waals surface area contributed by atoms with Gasteiger partial charge in [0.1, 0.15) is 18.2 Å². The number of carbonyl (C=O) groups excluding carboxylic acids is 2. The summed E-state index contributed by atoms with van der Waals surface area (Å²) in [6, 6.07) is 9.13. The number of rotatable bonds is 5. The Morgan fingerprint density at radius 3 is 2.97 bits per heavy atom. The number of hydrogen-bond donors (Lipinski definition) is 2. The van der Waals surface area contributed by atoms with Crippen LogP contribution in [0.1, 0.15) is 35.1 Å². The maximum Gasteiger partial charge on any atom is 0.255 e. The van der Waals surface area contributed by atoms with Crippen molar-refractivity contribution in [3.63, 3.8) is 0 Å². The summed E-state index contributed by atoms with van der Waals surface area (Å²) in [5, 5.41) is 7.00. The number of benzene rings is 2. The lowest BCUT2D eigenvalue weighted by Gasteiger charge is -2.23. The first-order valence-corrected chi connectivity index (χ1v) is 11.2. The summed E-state index contributed by atoms with van der Waals surface area (Å²) in [5.41, 5.74) is 2.16. The van der Waals surface area contributed by atoms with Gasteiger partial charge in [0.2, 0.25) is 12.7 Å². The molecule has 2 aromatic carbocycles. The van der Waals surface area contributed by atoms with E-state index in [0.717, 1.165) is 12.8 Å². The monoisotopic (exact) mass is 476 g/mol. The van der Waals surface area contributed by atoms with Gasteiger partial charge in [-0.1, -0.05) is 0 Å². The topological polar surface area (TPSA) is 114 Å². The fraction of sp³-hybridized carbons (Fsp3) is 0.250. The number of imidazole rings is 1. The Hall–Kier alpha value is -4.41. The maximum absolute atomic E-state index is 13.5. The SMILES string of the molecule is O=C(Nc1cnn(CC(=O)N2CCC[C@@H]2c2nc3ccc(F)cc3[nH]2)c1)c1ccc2c(c1)OCO2. The van der Waals surface area contributed by atoms with Gasteiger partial charge in [0.25, 0.3) is 5.91 Å². The summed E-state index contributed by atoms with van der Waals surface area (Å²) < 4.78 is 25.6. The summed E-state index contributed by atoms with van der Waals surface area (Å²) >= 11 is 0. The molecule has 4 heterocycles. The Morgan fingerprint density at radius 2 is 2.06 bits per heavy atom. The molecule has 2 N–H and O–H groups in total. The minimum atomic E-state index is -0.341. The minimum absolute atomic E-state index is 0.0191. The van der Waals surface area contributed by atoms with Gasteiger partial charge in [0.05, 0.1) is 29.0 Å². The Morgan fingerprint density at radius 1 is 1.17 bits per heavy atom. The van der Waals surface area contributed by atoms with E-state index in [1.807, 2.05) is 0 Å². The molecule has 11 heteroatoms. The van der Waals surface area contributed by atoms with Crippen LogP contribution in [0, 0.1) is 5.82 Å². The van der Waals surface area contributed by atoms with Crippen molar-refractivity contribution in [2.24, 2.45) is 0 Å². The second-order valence-electron chi connectivity index (χ2n) is 8.48. The number of nitrogens with zero attached hydrogens (tertiary/aromatic N) is 4. The lowest BCUT2D eigenvalue weighted by atomic mass is 10.2. The average molecular weight is 476 g/mol. The number of H-pyrrole nitrogens is 1. The van der Waals surface area contributed by atoms with Gasteiger partial charge in [-0.25, -0.2) is 9.37 Å².